The Hall–Kier alpha value is -7.52. The molecule has 1 fully saturated rings. The Morgan fingerprint density at radius 3 is 1.11 bits per heavy atom. The second-order valence-corrected chi connectivity index (χ2v) is 12.4. The maximum atomic E-state index is 14.0. The zero-order valence-electron chi connectivity index (χ0n) is 27.0. The highest BCUT2D eigenvalue weighted by atomic mass is 16.7. The quantitative estimate of drug-likeness (QED) is 0.0676. The molecule has 5 atom stereocenters. The van der Waals surface area contributed by atoms with E-state index in [4.69, 9.17) is 18.9 Å². The fourth-order valence-corrected chi connectivity index (χ4v) is 6.61. The van der Waals surface area contributed by atoms with Crippen LogP contribution in [0.5, 0.6) is 69.0 Å². The standard InChI is InChI=1S/C34H24O21/c35-10-5-15-28(53-31(48)7-2-12(37)21(41)25(45)17(7)16-6(10)1-11(36)20(40)24(16)44)29-30(34(51)52-15)55-33(50)9-4-14(39)23(43)27(47)19(9)18-8(32(49)54-29)3-13(38)22(42)26(18)46/h1-4,15,28-30,34,36-47,51H,5H2/t15-,28-,29+,30-,34?/m1/s1. The highest BCUT2D eigenvalue weighted by Gasteiger charge is 2.54. The van der Waals surface area contributed by atoms with Crippen LogP contribution >= 0.6 is 0 Å². The summed E-state index contributed by atoms with van der Waals surface area (Å²) in [6.45, 7) is 0. The lowest BCUT2D eigenvalue weighted by atomic mass is 9.86. The molecular weight excluding hydrogens is 744 g/mol. The predicted octanol–water partition coefficient (Wildman–Crippen LogP) is 1.08. The van der Waals surface area contributed by atoms with E-state index < -0.39 is 174 Å². The molecule has 13 N–H and O–H groups in total. The van der Waals surface area contributed by atoms with E-state index in [1.165, 1.54) is 0 Å². The molecule has 286 valence electrons. The van der Waals surface area contributed by atoms with Gasteiger partial charge in [-0.2, -0.15) is 0 Å². The maximum absolute atomic E-state index is 14.0. The van der Waals surface area contributed by atoms with E-state index in [0.717, 1.165) is 0 Å². The molecule has 21 nitrogen and oxygen atoms in total. The number of ether oxygens (including phenoxy) is 4. The van der Waals surface area contributed by atoms with Crippen LogP contribution in [0.15, 0.2) is 24.3 Å². The number of ketones is 1. The van der Waals surface area contributed by atoms with Crippen molar-refractivity contribution in [2.45, 2.75) is 37.1 Å². The second kappa shape index (κ2) is 12.3. The third-order valence-electron chi connectivity index (χ3n) is 9.20. The second-order valence-electron chi connectivity index (χ2n) is 12.4. The number of fused-ring (bicyclic) bond motifs is 9. The van der Waals surface area contributed by atoms with Gasteiger partial charge in [0.1, 0.15) is 6.10 Å². The number of esters is 3. The maximum Gasteiger partial charge on any atom is 0.339 e. The fourth-order valence-electron chi connectivity index (χ4n) is 6.61. The average molecular weight is 769 g/mol. The topological polar surface area (TPSA) is 368 Å². The summed E-state index contributed by atoms with van der Waals surface area (Å²) in [6, 6.07) is 2.07. The van der Waals surface area contributed by atoms with Crippen LogP contribution in [0.4, 0.5) is 0 Å². The Kier molecular flexibility index (Phi) is 8.01. The summed E-state index contributed by atoms with van der Waals surface area (Å²) >= 11 is 0. The van der Waals surface area contributed by atoms with E-state index in [0.29, 0.717) is 24.3 Å². The van der Waals surface area contributed by atoms with Crippen LogP contribution in [0.3, 0.4) is 0 Å². The number of hydrogen-bond acceptors (Lipinski definition) is 21. The van der Waals surface area contributed by atoms with Crippen molar-refractivity contribution < 1.29 is 105 Å². The highest BCUT2D eigenvalue weighted by molar-refractivity contribution is 6.11. The van der Waals surface area contributed by atoms with E-state index in [1.54, 1.807) is 0 Å². The van der Waals surface area contributed by atoms with Gasteiger partial charge >= 0.3 is 17.9 Å². The molecule has 0 aromatic heterocycles. The van der Waals surface area contributed by atoms with E-state index in [-0.39, 0.29) is 0 Å². The Balaban J connectivity index is 1.45. The molecule has 0 spiro atoms. The first-order chi connectivity index (χ1) is 25.8. The van der Waals surface area contributed by atoms with Gasteiger partial charge in [-0.3, -0.25) is 4.79 Å². The van der Waals surface area contributed by atoms with Gasteiger partial charge in [0.15, 0.2) is 76.4 Å². The molecule has 1 saturated heterocycles. The lowest BCUT2D eigenvalue weighted by Crippen LogP contribution is -2.62. The number of phenols is 12. The van der Waals surface area contributed by atoms with Gasteiger partial charge in [0.05, 0.1) is 16.7 Å². The van der Waals surface area contributed by atoms with Crippen molar-refractivity contribution in [1.82, 2.24) is 0 Å². The summed E-state index contributed by atoms with van der Waals surface area (Å²) in [4.78, 5) is 55.6. The van der Waals surface area contributed by atoms with E-state index >= 15 is 0 Å². The molecule has 0 radical (unpaired) electrons. The number of aliphatic hydroxyl groups is 1. The first-order valence-corrected chi connectivity index (χ1v) is 15.5. The zero-order valence-corrected chi connectivity index (χ0v) is 27.0. The SMILES string of the molecule is O=C1C[C@H]2OC(O)[C@@H]3OC(=O)c4cc(O)c(O)c(O)c4-c4c(cc(O)c(O)c4O)C(=O)O[C@H]3[C@@H]2OC(=O)c2cc(O)c(O)c(O)c2-c2c1cc(O)c(O)c2O. The molecule has 55 heavy (non-hydrogen) atoms. The van der Waals surface area contributed by atoms with Crippen LogP contribution in [0.2, 0.25) is 0 Å². The monoisotopic (exact) mass is 768 g/mol. The number of aromatic hydroxyl groups is 12. The lowest BCUT2D eigenvalue weighted by Gasteiger charge is -2.43. The Morgan fingerprint density at radius 2 is 0.727 bits per heavy atom. The van der Waals surface area contributed by atoms with Gasteiger partial charge in [0.25, 0.3) is 0 Å². The summed E-state index contributed by atoms with van der Waals surface area (Å²) in [5, 5.41) is 137. The number of aliphatic hydroxyl groups excluding tert-OH is 1. The first kappa shape index (κ1) is 35.9. The molecule has 3 aliphatic rings. The third kappa shape index (κ3) is 5.24. The highest BCUT2D eigenvalue weighted by Crippen LogP contribution is 2.55. The number of carbonyl (C=O) groups excluding carboxylic acids is 4. The molecule has 0 saturated carbocycles. The Bertz CT molecular complexity index is 2420. The normalized spacial score (nSPS) is 21.9. The molecule has 0 aliphatic carbocycles. The van der Waals surface area contributed by atoms with Crippen LogP contribution in [0.25, 0.3) is 22.3 Å². The summed E-state index contributed by atoms with van der Waals surface area (Å²) in [6.07, 6.45) is -12.1. The minimum Gasteiger partial charge on any atom is -0.504 e. The smallest absolute Gasteiger partial charge is 0.339 e. The molecule has 3 aliphatic heterocycles. The van der Waals surface area contributed by atoms with Gasteiger partial charge < -0.3 is 85.3 Å². The van der Waals surface area contributed by atoms with Crippen LogP contribution in [-0.4, -0.2) is 121 Å². The number of hydrogen-bond donors (Lipinski definition) is 13. The molecule has 3 heterocycles. The van der Waals surface area contributed by atoms with E-state index in [9.17, 15) is 85.6 Å². The number of carbonyl (C=O) groups is 4. The van der Waals surface area contributed by atoms with Crippen LogP contribution in [0, 0.1) is 0 Å². The van der Waals surface area contributed by atoms with E-state index in [2.05, 4.69) is 0 Å². The van der Waals surface area contributed by atoms with Gasteiger partial charge in [-0.25, -0.2) is 14.4 Å². The first-order valence-electron chi connectivity index (χ1n) is 15.5. The number of benzene rings is 4. The van der Waals surface area contributed by atoms with Gasteiger partial charge in [-0.15, -0.1) is 0 Å². The van der Waals surface area contributed by atoms with Crippen LogP contribution in [-0.2, 0) is 18.9 Å². The minimum absolute atomic E-state index is 0.484. The van der Waals surface area contributed by atoms with Crippen LogP contribution in [0.1, 0.15) is 47.9 Å². The third-order valence-corrected chi connectivity index (χ3v) is 9.20. The molecule has 1 unspecified atom stereocenters. The summed E-state index contributed by atoms with van der Waals surface area (Å²) < 4.78 is 22.0. The molecule has 0 bridgehead atoms. The van der Waals surface area contributed by atoms with Gasteiger partial charge in [0.2, 0.25) is 23.0 Å². The van der Waals surface area contributed by atoms with Crippen molar-refractivity contribution in [3.05, 3.63) is 46.5 Å². The number of phenolic OH excluding ortho intramolecular Hbond substituents is 12. The zero-order chi connectivity index (χ0) is 40.1. The minimum atomic E-state index is -2.40. The van der Waals surface area contributed by atoms with Gasteiger partial charge in [-0.1, -0.05) is 0 Å². The van der Waals surface area contributed by atoms with Crippen molar-refractivity contribution in [1.29, 1.82) is 0 Å². The molecular formula is C34H24O21. The largest absolute Gasteiger partial charge is 0.504 e. The summed E-state index contributed by atoms with van der Waals surface area (Å²) in [5.41, 5.74) is -7.37. The Morgan fingerprint density at radius 1 is 0.418 bits per heavy atom. The summed E-state index contributed by atoms with van der Waals surface area (Å²) in [7, 11) is 0. The van der Waals surface area contributed by atoms with Crippen molar-refractivity contribution in [2.75, 3.05) is 0 Å². The Labute approximate surface area is 303 Å². The number of rotatable bonds is 0. The van der Waals surface area contributed by atoms with Crippen molar-refractivity contribution in [2.24, 2.45) is 0 Å². The van der Waals surface area contributed by atoms with Gasteiger partial charge in [-0.05, 0) is 24.3 Å². The molecule has 21 heteroatoms. The fraction of sp³-hybridized carbons (Fsp3) is 0.176. The van der Waals surface area contributed by atoms with Crippen LogP contribution < -0.4 is 0 Å². The number of Topliss-reactive ketones (excluding diaryl/α,β-unsaturated/α-hetero) is 1. The molecule has 0 amide bonds. The molecule has 4 aromatic carbocycles. The molecule has 4 aromatic rings. The summed E-state index contributed by atoms with van der Waals surface area (Å²) in [5.74, 6) is -21.2. The van der Waals surface area contributed by atoms with Crippen molar-refractivity contribution in [3.8, 4) is 91.2 Å². The van der Waals surface area contributed by atoms with E-state index in [1.807, 2.05) is 0 Å². The van der Waals surface area contributed by atoms with Gasteiger partial charge in [0, 0.05) is 34.2 Å². The average Bonchev–Trinajstić information content (AvgIpc) is 3.13. The van der Waals surface area contributed by atoms with Crippen molar-refractivity contribution in [3.63, 3.8) is 0 Å². The van der Waals surface area contributed by atoms with Crippen molar-refractivity contribution >= 4 is 23.7 Å². The molecule has 7 rings (SSSR count). The lowest BCUT2D eigenvalue weighted by molar-refractivity contribution is -0.278. The predicted molar refractivity (Wildman–Crippen MR) is 171 cm³/mol.